The molecule has 1 N–H and O–H groups in total. The molecule has 0 atom stereocenters. The van der Waals surface area contributed by atoms with E-state index in [4.69, 9.17) is 4.42 Å². The van der Waals surface area contributed by atoms with E-state index in [1.54, 1.807) is 23.9 Å². The third-order valence-electron chi connectivity index (χ3n) is 5.31. The predicted molar refractivity (Wildman–Crippen MR) is 116 cm³/mol. The van der Waals surface area contributed by atoms with Gasteiger partial charge >= 0.3 is 6.18 Å². The van der Waals surface area contributed by atoms with E-state index in [2.05, 4.69) is 15.5 Å². The van der Waals surface area contributed by atoms with E-state index in [-0.39, 0.29) is 11.4 Å². The molecule has 11 heteroatoms. The Balaban J connectivity index is 1.48. The van der Waals surface area contributed by atoms with Crippen molar-refractivity contribution >= 4 is 29.0 Å². The molecule has 1 saturated heterocycles. The summed E-state index contributed by atoms with van der Waals surface area (Å²) in [7, 11) is 1.78. The topological polar surface area (TPSA) is 76.2 Å². The molecule has 3 heterocycles. The van der Waals surface area contributed by atoms with Crippen LogP contribution in [0.5, 0.6) is 0 Å². The number of hydrogen-bond acceptors (Lipinski definition) is 6. The number of aromatic nitrogens is 3. The monoisotopic (exact) mass is 465 g/mol. The summed E-state index contributed by atoms with van der Waals surface area (Å²) in [5.74, 6) is 0.868. The molecule has 0 unspecified atom stereocenters. The standard InChI is InChI=1S/C21H22F3N5O2S/c1-13-15(7-10-31-13)19-26-27-20(28(19)2)32-12-18(30)25-16-11-14(21(22,23)24)5-6-17(16)29-8-3-4-9-29/h5-7,10-11H,3-4,8-9,12H2,1-2H3,(H,25,30). The summed E-state index contributed by atoms with van der Waals surface area (Å²) in [5, 5.41) is 11.4. The zero-order valence-electron chi connectivity index (χ0n) is 17.6. The first-order chi connectivity index (χ1) is 15.2. The molecule has 1 fully saturated rings. The number of hydrogen-bond donors (Lipinski definition) is 1. The van der Waals surface area contributed by atoms with E-state index in [0.717, 1.165) is 55.4 Å². The smallest absolute Gasteiger partial charge is 0.416 e. The lowest BCUT2D eigenvalue weighted by molar-refractivity contribution is -0.137. The maximum atomic E-state index is 13.2. The van der Waals surface area contributed by atoms with Crippen molar-refractivity contribution < 1.29 is 22.4 Å². The fourth-order valence-electron chi connectivity index (χ4n) is 3.65. The van der Waals surface area contributed by atoms with Crippen molar-refractivity contribution in [3.8, 4) is 11.4 Å². The predicted octanol–water partition coefficient (Wildman–Crippen LogP) is 4.73. The van der Waals surface area contributed by atoms with Crippen LogP contribution in [0.1, 0.15) is 24.2 Å². The van der Waals surface area contributed by atoms with Gasteiger partial charge in [0.1, 0.15) is 5.76 Å². The average Bonchev–Trinajstić information content (AvgIpc) is 3.48. The Bertz CT molecular complexity index is 1120. The van der Waals surface area contributed by atoms with Crippen LogP contribution in [0.3, 0.4) is 0 Å². The minimum Gasteiger partial charge on any atom is -0.469 e. The number of nitrogens with zero attached hydrogens (tertiary/aromatic N) is 4. The Kier molecular flexibility index (Phi) is 6.18. The van der Waals surface area contributed by atoms with Gasteiger partial charge in [0.05, 0.1) is 34.5 Å². The lowest BCUT2D eigenvalue weighted by Crippen LogP contribution is -2.22. The molecule has 0 aliphatic carbocycles. The third-order valence-corrected chi connectivity index (χ3v) is 6.33. The summed E-state index contributed by atoms with van der Waals surface area (Å²) in [6, 6.07) is 5.27. The summed E-state index contributed by atoms with van der Waals surface area (Å²) >= 11 is 1.16. The lowest BCUT2D eigenvalue weighted by Gasteiger charge is -2.23. The fraction of sp³-hybridized carbons (Fsp3) is 0.381. The highest BCUT2D eigenvalue weighted by molar-refractivity contribution is 7.99. The number of thioether (sulfide) groups is 1. The maximum Gasteiger partial charge on any atom is 0.416 e. The first-order valence-electron chi connectivity index (χ1n) is 10.1. The Hall–Kier alpha value is -2.95. The summed E-state index contributed by atoms with van der Waals surface area (Å²) in [5.41, 5.74) is 0.776. The lowest BCUT2D eigenvalue weighted by atomic mass is 10.1. The van der Waals surface area contributed by atoms with Crippen molar-refractivity contribution in [2.24, 2.45) is 7.05 Å². The fourth-order valence-corrected chi connectivity index (χ4v) is 4.37. The van der Waals surface area contributed by atoms with Crippen LogP contribution >= 0.6 is 11.8 Å². The number of furan rings is 1. The Morgan fingerprint density at radius 1 is 1.22 bits per heavy atom. The Labute approximate surface area is 187 Å². The highest BCUT2D eigenvalue weighted by Crippen LogP contribution is 2.36. The van der Waals surface area contributed by atoms with Crippen LogP contribution in [0, 0.1) is 6.92 Å². The highest BCUT2D eigenvalue weighted by Gasteiger charge is 2.32. The number of nitrogens with one attached hydrogen (secondary N) is 1. The molecular weight excluding hydrogens is 443 g/mol. The van der Waals surface area contributed by atoms with Crippen LogP contribution < -0.4 is 10.2 Å². The van der Waals surface area contributed by atoms with E-state index >= 15 is 0 Å². The molecule has 1 aliphatic rings. The second kappa shape index (κ2) is 8.89. The van der Waals surface area contributed by atoms with E-state index in [1.165, 1.54) is 6.07 Å². The van der Waals surface area contributed by atoms with Crippen LogP contribution in [0.4, 0.5) is 24.5 Å². The number of rotatable bonds is 6. The Morgan fingerprint density at radius 2 is 1.97 bits per heavy atom. The van der Waals surface area contributed by atoms with Crippen LogP contribution in [0.25, 0.3) is 11.4 Å². The molecule has 7 nitrogen and oxygen atoms in total. The van der Waals surface area contributed by atoms with Gasteiger partial charge in [-0.05, 0) is 44.0 Å². The molecule has 4 rings (SSSR count). The molecule has 1 aromatic carbocycles. The molecule has 2 aromatic heterocycles. The number of alkyl halides is 3. The maximum absolute atomic E-state index is 13.2. The number of halogens is 3. The molecule has 3 aromatic rings. The minimum absolute atomic E-state index is 0.0218. The van der Waals surface area contributed by atoms with Gasteiger partial charge in [-0.15, -0.1) is 10.2 Å². The molecule has 1 amide bonds. The number of benzene rings is 1. The van der Waals surface area contributed by atoms with Crippen LogP contribution in [0.15, 0.2) is 40.1 Å². The largest absolute Gasteiger partial charge is 0.469 e. The van der Waals surface area contributed by atoms with Gasteiger partial charge in [0.2, 0.25) is 5.91 Å². The zero-order valence-corrected chi connectivity index (χ0v) is 18.4. The van der Waals surface area contributed by atoms with Crippen molar-refractivity contribution in [3.63, 3.8) is 0 Å². The summed E-state index contributed by atoms with van der Waals surface area (Å²) in [6.45, 7) is 3.31. The number of amides is 1. The molecule has 1 aliphatic heterocycles. The van der Waals surface area contributed by atoms with Crippen molar-refractivity contribution in [1.29, 1.82) is 0 Å². The second-order valence-corrected chi connectivity index (χ2v) is 8.46. The van der Waals surface area contributed by atoms with E-state index in [9.17, 15) is 18.0 Å². The zero-order chi connectivity index (χ0) is 22.9. The molecule has 32 heavy (non-hydrogen) atoms. The van der Waals surface area contributed by atoms with Crippen LogP contribution in [-0.4, -0.2) is 39.5 Å². The summed E-state index contributed by atoms with van der Waals surface area (Å²) in [6.07, 6.45) is -0.992. The highest BCUT2D eigenvalue weighted by atomic mass is 32.2. The first kappa shape index (κ1) is 22.3. The molecule has 0 radical (unpaired) electrons. The van der Waals surface area contributed by atoms with Gasteiger partial charge in [-0.2, -0.15) is 13.2 Å². The summed E-state index contributed by atoms with van der Waals surface area (Å²) in [4.78, 5) is 14.6. The number of carbonyl (C=O) groups excluding carboxylic acids is 1. The Morgan fingerprint density at radius 3 is 2.62 bits per heavy atom. The van der Waals surface area contributed by atoms with Gasteiger partial charge in [-0.25, -0.2) is 0 Å². The molecular formula is C21H22F3N5O2S. The van der Waals surface area contributed by atoms with Crippen molar-refractivity contribution in [3.05, 3.63) is 41.9 Å². The van der Waals surface area contributed by atoms with Gasteiger partial charge in [-0.3, -0.25) is 4.79 Å². The normalized spacial score (nSPS) is 14.2. The first-order valence-corrected chi connectivity index (χ1v) is 11.1. The third kappa shape index (κ3) is 4.62. The van der Waals surface area contributed by atoms with E-state index in [1.807, 2.05) is 11.8 Å². The molecule has 170 valence electrons. The second-order valence-electron chi connectivity index (χ2n) is 7.52. The van der Waals surface area contributed by atoms with Gasteiger partial charge in [0.25, 0.3) is 0 Å². The SMILES string of the molecule is Cc1occc1-c1nnc(SCC(=O)Nc2cc(C(F)(F)F)ccc2N2CCCC2)n1C. The van der Waals surface area contributed by atoms with Gasteiger partial charge in [0, 0.05) is 20.1 Å². The number of carbonyl (C=O) groups is 1. The van der Waals surface area contributed by atoms with Crippen LogP contribution in [-0.2, 0) is 18.0 Å². The molecule has 0 saturated carbocycles. The number of aryl methyl sites for hydroxylation is 1. The van der Waals surface area contributed by atoms with E-state index < -0.39 is 17.6 Å². The number of anilines is 2. The minimum atomic E-state index is -4.49. The van der Waals surface area contributed by atoms with Crippen LogP contribution in [0.2, 0.25) is 0 Å². The van der Waals surface area contributed by atoms with Gasteiger partial charge < -0.3 is 19.2 Å². The van der Waals surface area contributed by atoms with E-state index in [0.29, 0.717) is 22.4 Å². The van der Waals surface area contributed by atoms with Gasteiger partial charge in [0.15, 0.2) is 11.0 Å². The molecule has 0 spiro atoms. The summed E-state index contributed by atoms with van der Waals surface area (Å²) < 4.78 is 46.7. The average molecular weight is 466 g/mol. The molecule has 0 bridgehead atoms. The van der Waals surface area contributed by atoms with Gasteiger partial charge in [-0.1, -0.05) is 11.8 Å². The van der Waals surface area contributed by atoms with Crippen molar-refractivity contribution in [2.45, 2.75) is 31.1 Å². The van der Waals surface area contributed by atoms with Crippen molar-refractivity contribution in [1.82, 2.24) is 14.8 Å². The quantitative estimate of drug-likeness (QED) is 0.531. The van der Waals surface area contributed by atoms with Crippen molar-refractivity contribution in [2.75, 3.05) is 29.1 Å².